The Bertz CT molecular complexity index is 712. The molecule has 1 heterocycles. The van der Waals surface area contributed by atoms with E-state index in [2.05, 4.69) is 29.2 Å². The summed E-state index contributed by atoms with van der Waals surface area (Å²) in [6, 6.07) is 12.5. The summed E-state index contributed by atoms with van der Waals surface area (Å²) in [5, 5.41) is 0. The van der Waals surface area contributed by atoms with Gasteiger partial charge in [0.2, 0.25) is 5.91 Å². The predicted molar refractivity (Wildman–Crippen MR) is 86.8 cm³/mol. The van der Waals surface area contributed by atoms with Gasteiger partial charge in [0.1, 0.15) is 0 Å². The summed E-state index contributed by atoms with van der Waals surface area (Å²) in [5.74, 6) is 0.351. The highest BCUT2D eigenvalue weighted by molar-refractivity contribution is 5.97. The van der Waals surface area contributed by atoms with Gasteiger partial charge in [-0.2, -0.15) is 0 Å². The Labute approximate surface area is 131 Å². The molecule has 2 unspecified atom stereocenters. The van der Waals surface area contributed by atoms with Crippen molar-refractivity contribution in [3.05, 3.63) is 59.9 Å². The van der Waals surface area contributed by atoms with E-state index in [9.17, 15) is 4.79 Å². The third-order valence-electron chi connectivity index (χ3n) is 5.36. The summed E-state index contributed by atoms with van der Waals surface area (Å²) < 4.78 is 0. The number of hydrogen-bond acceptors (Lipinski definition) is 2. The van der Waals surface area contributed by atoms with E-state index in [1.807, 2.05) is 19.2 Å². The molecule has 2 aliphatic carbocycles. The van der Waals surface area contributed by atoms with Gasteiger partial charge in [-0.3, -0.25) is 9.78 Å². The lowest BCUT2D eigenvalue weighted by atomic mass is 9.78. The first-order valence-electron chi connectivity index (χ1n) is 7.98. The minimum atomic E-state index is 0.0996. The lowest BCUT2D eigenvalue weighted by Gasteiger charge is -2.27. The zero-order valence-corrected chi connectivity index (χ0v) is 12.8. The highest BCUT2D eigenvalue weighted by atomic mass is 16.2. The Hall–Kier alpha value is -2.16. The van der Waals surface area contributed by atoms with Crippen molar-refractivity contribution < 1.29 is 4.79 Å². The Kier molecular flexibility index (Phi) is 3.03. The molecule has 0 radical (unpaired) electrons. The Morgan fingerprint density at radius 2 is 2.14 bits per heavy atom. The van der Waals surface area contributed by atoms with E-state index in [-0.39, 0.29) is 17.2 Å². The molecule has 1 aromatic heterocycles. The highest BCUT2D eigenvalue weighted by Crippen LogP contribution is 2.60. The van der Waals surface area contributed by atoms with Crippen molar-refractivity contribution in [3.63, 3.8) is 0 Å². The first-order chi connectivity index (χ1) is 10.7. The summed E-state index contributed by atoms with van der Waals surface area (Å²) in [5.41, 5.74) is 3.83. The van der Waals surface area contributed by atoms with E-state index in [1.165, 1.54) is 17.5 Å². The summed E-state index contributed by atoms with van der Waals surface area (Å²) in [6.45, 7) is 0. The third kappa shape index (κ3) is 1.96. The molecule has 4 rings (SSSR count). The number of amides is 1. The van der Waals surface area contributed by atoms with E-state index >= 15 is 0 Å². The van der Waals surface area contributed by atoms with Gasteiger partial charge < -0.3 is 4.90 Å². The molecular formula is C19H20N2O. The van der Waals surface area contributed by atoms with Gasteiger partial charge in [0.25, 0.3) is 0 Å². The SMILES string of the molecule is CN(C(=O)C1CC12CCCc1ccccc12)c1cccnc1. The summed E-state index contributed by atoms with van der Waals surface area (Å²) in [7, 11) is 1.86. The Morgan fingerprint density at radius 3 is 2.95 bits per heavy atom. The summed E-state index contributed by atoms with van der Waals surface area (Å²) in [6.07, 6.45) is 7.96. The van der Waals surface area contributed by atoms with Crippen LogP contribution in [0, 0.1) is 5.92 Å². The molecule has 2 aromatic rings. The topological polar surface area (TPSA) is 33.2 Å². The first-order valence-corrected chi connectivity index (χ1v) is 7.98. The molecular weight excluding hydrogens is 272 g/mol. The summed E-state index contributed by atoms with van der Waals surface area (Å²) >= 11 is 0. The van der Waals surface area contributed by atoms with Crippen molar-refractivity contribution in [1.29, 1.82) is 0 Å². The molecule has 1 spiro atoms. The number of nitrogens with zero attached hydrogens (tertiary/aromatic N) is 2. The number of benzene rings is 1. The fourth-order valence-electron chi connectivity index (χ4n) is 4.07. The molecule has 1 saturated carbocycles. The van der Waals surface area contributed by atoms with Crippen molar-refractivity contribution in [2.75, 3.05) is 11.9 Å². The van der Waals surface area contributed by atoms with E-state index < -0.39 is 0 Å². The first kappa shape index (κ1) is 13.5. The van der Waals surface area contributed by atoms with Crippen LogP contribution in [-0.2, 0) is 16.6 Å². The van der Waals surface area contributed by atoms with Crippen molar-refractivity contribution in [2.45, 2.75) is 31.1 Å². The fraction of sp³-hybridized carbons (Fsp3) is 0.368. The number of rotatable bonds is 2. The number of hydrogen-bond donors (Lipinski definition) is 0. The second-order valence-corrected chi connectivity index (χ2v) is 6.53. The van der Waals surface area contributed by atoms with Gasteiger partial charge in [-0.25, -0.2) is 0 Å². The third-order valence-corrected chi connectivity index (χ3v) is 5.36. The maximum atomic E-state index is 12.9. The van der Waals surface area contributed by atoms with E-state index in [4.69, 9.17) is 0 Å². The van der Waals surface area contributed by atoms with Gasteiger partial charge in [0.15, 0.2) is 0 Å². The molecule has 22 heavy (non-hydrogen) atoms. The number of fused-ring (bicyclic) bond motifs is 2. The fourth-order valence-corrected chi connectivity index (χ4v) is 4.07. The van der Waals surface area contributed by atoms with Gasteiger partial charge in [-0.1, -0.05) is 24.3 Å². The number of carbonyl (C=O) groups excluding carboxylic acids is 1. The molecule has 112 valence electrons. The lowest BCUT2D eigenvalue weighted by Crippen LogP contribution is -2.32. The zero-order valence-electron chi connectivity index (χ0n) is 12.8. The van der Waals surface area contributed by atoms with Gasteiger partial charge in [-0.05, 0) is 48.9 Å². The van der Waals surface area contributed by atoms with Crippen LogP contribution in [0.15, 0.2) is 48.8 Å². The number of aryl methyl sites for hydroxylation is 1. The molecule has 0 N–H and O–H groups in total. The summed E-state index contributed by atoms with van der Waals surface area (Å²) in [4.78, 5) is 18.8. The van der Waals surface area contributed by atoms with Crippen molar-refractivity contribution in [1.82, 2.24) is 4.98 Å². The molecule has 3 heteroatoms. The van der Waals surface area contributed by atoms with Gasteiger partial charge >= 0.3 is 0 Å². The van der Waals surface area contributed by atoms with Gasteiger partial charge in [-0.15, -0.1) is 0 Å². The number of aromatic nitrogens is 1. The average molecular weight is 292 g/mol. The molecule has 0 saturated heterocycles. The standard InChI is InChI=1S/C19H20N2O/c1-21(15-8-5-11-20-13-15)18(22)17-12-19(17)10-4-7-14-6-2-3-9-16(14)19/h2-3,5-6,8-9,11,13,17H,4,7,10,12H2,1H3. The van der Waals surface area contributed by atoms with Gasteiger partial charge in [0, 0.05) is 24.6 Å². The van der Waals surface area contributed by atoms with Crippen LogP contribution in [0.3, 0.4) is 0 Å². The van der Waals surface area contributed by atoms with Crippen LogP contribution >= 0.6 is 0 Å². The van der Waals surface area contributed by atoms with Crippen LogP contribution in [0.5, 0.6) is 0 Å². The van der Waals surface area contributed by atoms with E-state index in [1.54, 1.807) is 17.3 Å². The molecule has 1 amide bonds. The molecule has 0 bridgehead atoms. The van der Waals surface area contributed by atoms with Crippen LogP contribution in [0.4, 0.5) is 5.69 Å². The monoisotopic (exact) mass is 292 g/mol. The second-order valence-electron chi connectivity index (χ2n) is 6.53. The minimum Gasteiger partial charge on any atom is -0.314 e. The molecule has 1 aromatic carbocycles. The van der Waals surface area contributed by atoms with Crippen LogP contribution in [0.1, 0.15) is 30.4 Å². The largest absolute Gasteiger partial charge is 0.314 e. The van der Waals surface area contributed by atoms with E-state index in [0.717, 1.165) is 24.9 Å². The van der Waals surface area contributed by atoms with Gasteiger partial charge in [0.05, 0.1) is 11.9 Å². The lowest BCUT2D eigenvalue weighted by molar-refractivity contribution is -0.120. The zero-order chi connectivity index (χ0) is 15.2. The van der Waals surface area contributed by atoms with Crippen LogP contribution in [0.25, 0.3) is 0 Å². The second kappa shape index (κ2) is 4.94. The molecule has 3 nitrogen and oxygen atoms in total. The number of pyridine rings is 1. The van der Waals surface area contributed by atoms with E-state index in [0.29, 0.717) is 0 Å². The predicted octanol–water partition coefficient (Wildman–Crippen LogP) is 3.34. The Balaban J connectivity index is 1.61. The molecule has 0 aliphatic heterocycles. The average Bonchev–Trinajstić information content (AvgIpc) is 3.29. The quantitative estimate of drug-likeness (QED) is 0.850. The molecule has 1 fully saturated rings. The maximum Gasteiger partial charge on any atom is 0.230 e. The van der Waals surface area contributed by atoms with Crippen LogP contribution < -0.4 is 4.90 Å². The highest BCUT2D eigenvalue weighted by Gasteiger charge is 2.60. The molecule has 2 aliphatic rings. The van der Waals surface area contributed by atoms with Crippen molar-refractivity contribution >= 4 is 11.6 Å². The van der Waals surface area contributed by atoms with Crippen LogP contribution in [0.2, 0.25) is 0 Å². The maximum absolute atomic E-state index is 12.9. The van der Waals surface area contributed by atoms with Crippen molar-refractivity contribution in [2.24, 2.45) is 5.92 Å². The number of carbonyl (C=O) groups is 1. The minimum absolute atomic E-state index is 0.0996. The normalized spacial score (nSPS) is 25.6. The smallest absolute Gasteiger partial charge is 0.230 e. The van der Waals surface area contributed by atoms with Crippen molar-refractivity contribution in [3.8, 4) is 0 Å². The Morgan fingerprint density at radius 1 is 1.27 bits per heavy atom. The number of anilines is 1. The molecule has 2 atom stereocenters. The van der Waals surface area contributed by atoms with Crippen LogP contribution in [-0.4, -0.2) is 17.9 Å².